The molecule has 10 nitrogen and oxygen atoms in total. The number of allylic oxidation sites excluding steroid dienone is 1. The smallest absolute Gasteiger partial charge is 0.306 e. The van der Waals surface area contributed by atoms with Gasteiger partial charge in [-0.05, 0) is 47.7 Å². The number of fused-ring (bicyclic) bond motifs is 3. The summed E-state index contributed by atoms with van der Waals surface area (Å²) in [6, 6.07) is 21.3. The van der Waals surface area contributed by atoms with Crippen LogP contribution < -0.4 is 10.2 Å². The van der Waals surface area contributed by atoms with E-state index in [4.69, 9.17) is 9.47 Å². The number of likely N-dealkylation sites (tertiary alicyclic amines) is 1. The lowest BCUT2D eigenvalue weighted by Gasteiger charge is -2.35. The molecule has 1 spiro atoms. The van der Waals surface area contributed by atoms with E-state index in [9.17, 15) is 24.3 Å². The third-order valence-electron chi connectivity index (χ3n) is 9.92. The molecule has 0 radical (unpaired) electrons. The van der Waals surface area contributed by atoms with E-state index >= 15 is 0 Å². The van der Waals surface area contributed by atoms with Crippen molar-refractivity contribution >= 4 is 40.2 Å². The summed E-state index contributed by atoms with van der Waals surface area (Å²) in [4.78, 5) is 59.5. The van der Waals surface area contributed by atoms with Gasteiger partial charge in [0.1, 0.15) is 18.2 Å². The third-order valence-corrected chi connectivity index (χ3v) is 9.92. The van der Waals surface area contributed by atoms with Gasteiger partial charge in [0.2, 0.25) is 11.8 Å². The summed E-state index contributed by atoms with van der Waals surface area (Å²) in [5.74, 6) is -3.36. The molecule has 48 heavy (non-hydrogen) atoms. The van der Waals surface area contributed by atoms with Crippen molar-refractivity contribution in [2.45, 2.75) is 49.5 Å². The van der Waals surface area contributed by atoms with Crippen molar-refractivity contribution in [3.63, 3.8) is 0 Å². The number of aliphatic hydroxyl groups is 1. The number of carbonyl (C=O) groups excluding carboxylic acids is 4. The van der Waals surface area contributed by atoms with E-state index in [1.165, 1.54) is 0 Å². The molecule has 248 valence electrons. The fraction of sp³-hybridized carbons (Fsp3) is 0.368. The molecule has 4 aliphatic heterocycles. The van der Waals surface area contributed by atoms with Crippen molar-refractivity contribution in [3.8, 4) is 0 Å². The lowest BCUT2D eigenvalue weighted by atomic mass is 9.77. The summed E-state index contributed by atoms with van der Waals surface area (Å²) in [5, 5.41) is 14.6. The Morgan fingerprint density at radius 2 is 1.69 bits per heavy atom. The highest BCUT2D eigenvalue weighted by Crippen LogP contribution is 2.53. The van der Waals surface area contributed by atoms with Gasteiger partial charge in [0, 0.05) is 31.8 Å². The SMILES string of the molecule is O=C1CC/C=C\[C@H]2O[C@]34C=CCN(c5ccc6ccccc6c5)C(=O)[C@H]3N(CCCCO)C(=O)[C@@H]4[C@H]2C(=O)N[C@H](c2ccccc2)CO1. The average molecular weight is 650 g/mol. The zero-order chi connectivity index (χ0) is 33.3. The fourth-order valence-corrected chi connectivity index (χ4v) is 7.65. The van der Waals surface area contributed by atoms with Crippen LogP contribution in [0.3, 0.4) is 0 Å². The van der Waals surface area contributed by atoms with Gasteiger partial charge in [0.25, 0.3) is 5.91 Å². The predicted octanol–water partition coefficient (Wildman–Crippen LogP) is 3.85. The normalized spacial score (nSPS) is 29.6. The molecule has 2 N–H and O–H groups in total. The van der Waals surface area contributed by atoms with E-state index in [1.807, 2.05) is 84.9 Å². The Labute approximate surface area is 279 Å². The number of esters is 1. The second kappa shape index (κ2) is 13.4. The average Bonchev–Trinajstić information content (AvgIpc) is 3.48. The molecule has 3 amide bonds. The lowest BCUT2D eigenvalue weighted by molar-refractivity contribution is -0.146. The number of nitrogens with zero attached hydrogens (tertiary/aromatic N) is 2. The van der Waals surface area contributed by atoms with Crippen LogP contribution in [0.25, 0.3) is 10.8 Å². The lowest BCUT2D eigenvalue weighted by Crippen LogP contribution is -2.55. The molecule has 0 unspecified atom stereocenters. The number of nitrogens with one attached hydrogen (secondary N) is 1. The maximum Gasteiger partial charge on any atom is 0.306 e. The van der Waals surface area contributed by atoms with Crippen LogP contribution in [0.15, 0.2) is 97.1 Å². The monoisotopic (exact) mass is 649 g/mol. The van der Waals surface area contributed by atoms with Gasteiger partial charge in [-0.25, -0.2) is 0 Å². The minimum Gasteiger partial charge on any atom is -0.463 e. The molecule has 0 saturated carbocycles. The van der Waals surface area contributed by atoms with E-state index in [0.29, 0.717) is 24.9 Å². The van der Waals surface area contributed by atoms with E-state index in [0.717, 1.165) is 16.3 Å². The summed E-state index contributed by atoms with van der Waals surface area (Å²) >= 11 is 0. The molecule has 2 saturated heterocycles. The summed E-state index contributed by atoms with van der Waals surface area (Å²) in [6.07, 6.45) is 7.84. The van der Waals surface area contributed by atoms with E-state index < -0.39 is 41.5 Å². The minimum atomic E-state index is -1.41. The van der Waals surface area contributed by atoms with Gasteiger partial charge in [-0.2, -0.15) is 0 Å². The molecule has 3 aromatic carbocycles. The maximum absolute atomic E-state index is 14.8. The molecular weight excluding hydrogens is 610 g/mol. The fourth-order valence-electron chi connectivity index (χ4n) is 7.65. The van der Waals surface area contributed by atoms with Gasteiger partial charge in [-0.1, -0.05) is 85.0 Å². The number of ether oxygens (including phenoxy) is 2. The van der Waals surface area contributed by atoms with Crippen molar-refractivity contribution in [2.24, 2.45) is 11.8 Å². The van der Waals surface area contributed by atoms with Crippen LogP contribution in [-0.2, 0) is 28.7 Å². The Morgan fingerprint density at radius 3 is 2.50 bits per heavy atom. The van der Waals surface area contributed by atoms with Crippen molar-refractivity contribution in [1.29, 1.82) is 0 Å². The minimum absolute atomic E-state index is 0.0435. The molecule has 4 heterocycles. The third kappa shape index (κ3) is 5.69. The van der Waals surface area contributed by atoms with Gasteiger partial charge in [0.05, 0.1) is 24.0 Å². The van der Waals surface area contributed by atoms with Crippen LogP contribution in [0.5, 0.6) is 0 Å². The predicted molar refractivity (Wildman–Crippen MR) is 179 cm³/mol. The van der Waals surface area contributed by atoms with Crippen LogP contribution in [0, 0.1) is 11.8 Å². The Balaban J connectivity index is 1.29. The molecule has 0 bridgehead atoms. The molecule has 2 fully saturated rings. The second-order valence-corrected chi connectivity index (χ2v) is 12.8. The second-order valence-electron chi connectivity index (χ2n) is 12.8. The molecule has 0 aliphatic carbocycles. The van der Waals surface area contributed by atoms with Gasteiger partial charge < -0.3 is 29.7 Å². The quantitative estimate of drug-likeness (QED) is 0.236. The van der Waals surface area contributed by atoms with Gasteiger partial charge >= 0.3 is 5.97 Å². The molecule has 0 aromatic heterocycles. The molecule has 10 heteroatoms. The summed E-state index contributed by atoms with van der Waals surface area (Å²) in [6.45, 7) is 0.388. The Bertz CT molecular complexity index is 1770. The molecule has 4 aliphatic rings. The summed E-state index contributed by atoms with van der Waals surface area (Å²) in [7, 11) is 0. The zero-order valence-corrected chi connectivity index (χ0v) is 26.6. The van der Waals surface area contributed by atoms with Crippen LogP contribution in [0.2, 0.25) is 0 Å². The topological polar surface area (TPSA) is 125 Å². The first-order valence-electron chi connectivity index (χ1n) is 16.7. The number of aliphatic hydroxyl groups excluding tert-OH is 1. The highest BCUT2D eigenvalue weighted by atomic mass is 16.5. The van der Waals surface area contributed by atoms with Crippen LogP contribution in [-0.4, -0.2) is 77.7 Å². The number of hydrogen-bond donors (Lipinski definition) is 2. The molecule has 3 aromatic rings. The Hall–Kier alpha value is -4.80. The number of rotatable bonds is 6. The van der Waals surface area contributed by atoms with Crippen molar-refractivity contribution in [1.82, 2.24) is 10.2 Å². The van der Waals surface area contributed by atoms with E-state index in [1.54, 1.807) is 22.0 Å². The van der Waals surface area contributed by atoms with Crippen LogP contribution in [0.4, 0.5) is 5.69 Å². The van der Waals surface area contributed by atoms with Gasteiger partial charge in [-0.15, -0.1) is 0 Å². The first kappa shape index (κ1) is 31.8. The van der Waals surface area contributed by atoms with Crippen molar-refractivity contribution in [2.75, 3.05) is 31.2 Å². The number of unbranched alkanes of at least 4 members (excludes halogenated alkanes) is 1. The first-order chi connectivity index (χ1) is 23.4. The molecule has 7 rings (SSSR count). The maximum atomic E-state index is 14.8. The first-order valence-corrected chi connectivity index (χ1v) is 16.7. The highest BCUT2D eigenvalue weighted by molar-refractivity contribution is 6.06. The number of anilines is 1. The highest BCUT2D eigenvalue weighted by Gasteiger charge is 2.71. The number of benzene rings is 3. The molecule has 6 atom stereocenters. The number of cyclic esters (lactones) is 1. The van der Waals surface area contributed by atoms with Gasteiger partial charge in [-0.3, -0.25) is 19.2 Å². The summed E-state index contributed by atoms with van der Waals surface area (Å²) in [5.41, 5.74) is 0.0439. The summed E-state index contributed by atoms with van der Waals surface area (Å²) < 4.78 is 12.4. The van der Waals surface area contributed by atoms with Crippen molar-refractivity contribution in [3.05, 3.63) is 103 Å². The van der Waals surface area contributed by atoms with Crippen LogP contribution >= 0.6 is 0 Å². The van der Waals surface area contributed by atoms with E-state index in [2.05, 4.69) is 5.32 Å². The van der Waals surface area contributed by atoms with Gasteiger partial charge in [0.15, 0.2) is 0 Å². The largest absolute Gasteiger partial charge is 0.463 e. The Morgan fingerprint density at radius 1 is 0.896 bits per heavy atom. The zero-order valence-electron chi connectivity index (χ0n) is 26.6. The van der Waals surface area contributed by atoms with E-state index in [-0.39, 0.29) is 50.5 Å². The number of amides is 3. The van der Waals surface area contributed by atoms with Crippen molar-refractivity contribution < 1.29 is 33.8 Å². The standard InChI is InChI=1S/C38H39N3O7/c42-22-9-8-20-41-34-37(46)40(28-18-17-25-11-4-5-14-27(25)23-28)21-10-19-38(34)33(36(41)45)32-30(48-38)15-6-7-16-31(43)47-24-29(39-35(32)44)26-12-2-1-3-13-26/h1-6,10-15,17-19,23,29-30,32-34,42H,7-9,16,20-22,24H2,(H,39,44)/b15-6-/t29-,30+,32-,33-,34+,38-/m0/s1. The Kier molecular flexibility index (Phi) is 8.85. The number of hydrogen-bond acceptors (Lipinski definition) is 7. The molecular formula is C38H39N3O7. The van der Waals surface area contributed by atoms with Crippen LogP contribution in [0.1, 0.15) is 37.3 Å². The number of carbonyl (C=O) groups is 4.